The number of para-hydroxylation sites is 1. The van der Waals surface area contributed by atoms with Crippen molar-refractivity contribution < 1.29 is 4.74 Å². The normalized spacial score (nSPS) is 19.8. The fraction of sp³-hybridized carbons (Fsp3) is 0.106. The smallest absolute Gasteiger partial charge is 0.147 e. The summed E-state index contributed by atoms with van der Waals surface area (Å²) < 4.78 is 6.66. The van der Waals surface area contributed by atoms with Crippen LogP contribution in [-0.4, -0.2) is 22.6 Å². The van der Waals surface area contributed by atoms with Crippen molar-refractivity contribution in [2.45, 2.75) is 24.4 Å². The summed E-state index contributed by atoms with van der Waals surface area (Å²) in [4.78, 5) is 12.6. The summed E-state index contributed by atoms with van der Waals surface area (Å²) in [6.07, 6.45) is 10.8. The maximum atomic E-state index is 6.66. The Kier molecular flexibility index (Phi) is 6.78. The minimum atomic E-state index is -0.460. The average molecular weight is 658 g/mol. The van der Waals surface area contributed by atoms with E-state index in [9.17, 15) is 0 Å². The van der Waals surface area contributed by atoms with Gasteiger partial charge < -0.3 is 9.64 Å². The molecule has 0 fully saturated rings. The van der Waals surface area contributed by atoms with E-state index in [0.717, 1.165) is 69.3 Å². The third-order valence-corrected chi connectivity index (χ3v) is 10.9. The van der Waals surface area contributed by atoms with E-state index in [0.29, 0.717) is 0 Å². The minimum Gasteiger partial charge on any atom is -0.457 e. The summed E-state index contributed by atoms with van der Waals surface area (Å²) in [5.74, 6) is 1.81. The standard InChI is InChI=1S/C47H35N3O/c1-50-43(29-42(31-14-4-2-5-15-31)49-46(50)32-16-6-3-7-17-32)34-24-26-41(48-30-34)33-25-27-45-40(28-33)47(39-22-12-13-23-44(39)51-45)37-20-10-8-18-35(37)36-19-9-11-21-38(36)47/h2-8,10-18,20-30,46H,9,19H2,1H3. The Morgan fingerprint density at radius 1 is 0.686 bits per heavy atom. The highest BCUT2D eigenvalue weighted by Gasteiger charge is 2.51. The number of nitrogens with zero attached hydrogens (tertiary/aromatic N) is 3. The van der Waals surface area contributed by atoms with Crippen molar-refractivity contribution in [2.75, 3.05) is 7.05 Å². The fourth-order valence-electron chi connectivity index (χ4n) is 8.61. The molecule has 0 radical (unpaired) electrons. The van der Waals surface area contributed by atoms with Crippen molar-refractivity contribution in [3.05, 3.63) is 208 Å². The number of hydrogen-bond donors (Lipinski definition) is 0. The monoisotopic (exact) mass is 657 g/mol. The Labute approximate surface area is 298 Å². The van der Waals surface area contributed by atoms with Gasteiger partial charge in [0.25, 0.3) is 0 Å². The Morgan fingerprint density at radius 3 is 2.24 bits per heavy atom. The molecule has 0 amide bonds. The summed E-state index contributed by atoms with van der Waals surface area (Å²) in [7, 11) is 2.12. The van der Waals surface area contributed by atoms with Crippen LogP contribution in [0.15, 0.2) is 175 Å². The maximum absolute atomic E-state index is 6.66. The van der Waals surface area contributed by atoms with Crippen LogP contribution in [0.4, 0.5) is 0 Å². The first-order valence-electron chi connectivity index (χ1n) is 17.7. The third-order valence-electron chi connectivity index (χ3n) is 10.9. The highest BCUT2D eigenvalue weighted by Crippen LogP contribution is 2.62. The van der Waals surface area contributed by atoms with Gasteiger partial charge in [0.15, 0.2) is 0 Å². The van der Waals surface area contributed by atoms with Gasteiger partial charge in [-0.2, -0.15) is 0 Å². The molecule has 2 atom stereocenters. The molecule has 0 saturated heterocycles. The largest absolute Gasteiger partial charge is 0.457 e. The first-order chi connectivity index (χ1) is 25.2. The van der Waals surface area contributed by atoms with Crippen LogP contribution in [0, 0.1) is 0 Å². The van der Waals surface area contributed by atoms with Gasteiger partial charge in [0.1, 0.15) is 17.7 Å². The predicted molar refractivity (Wildman–Crippen MR) is 206 cm³/mol. The van der Waals surface area contributed by atoms with Crippen LogP contribution < -0.4 is 4.74 Å². The number of fused-ring (bicyclic) bond motifs is 8. The van der Waals surface area contributed by atoms with Gasteiger partial charge >= 0.3 is 0 Å². The van der Waals surface area contributed by atoms with Crippen LogP contribution in [0.5, 0.6) is 11.5 Å². The zero-order valence-electron chi connectivity index (χ0n) is 28.3. The second kappa shape index (κ2) is 11.7. The number of ether oxygens (including phenoxy) is 1. The molecule has 4 heteroatoms. The number of hydrogen-bond acceptors (Lipinski definition) is 4. The second-order valence-electron chi connectivity index (χ2n) is 13.7. The summed E-state index contributed by atoms with van der Waals surface area (Å²) in [6, 6.07) is 49.4. The molecule has 2 aliphatic heterocycles. The lowest BCUT2D eigenvalue weighted by Crippen LogP contribution is -2.33. The highest BCUT2D eigenvalue weighted by molar-refractivity contribution is 6.13. The van der Waals surface area contributed by atoms with Crippen molar-refractivity contribution in [3.63, 3.8) is 0 Å². The quantitative estimate of drug-likeness (QED) is 0.189. The number of pyridine rings is 1. The van der Waals surface area contributed by atoms with Gasteiger partial charge in [0.2, 0.25) is 0 Å². The predicted octanol–water partition coefficient (Wildman–Crippen LogP) is 10.8. The van der Waals surface area contributed by atoms with E-state index in [2.05, 4.69) is 158 Å². The summed E-state index contributed by atoms with van der Waals surface area (Å²) in [5.41, 5.74) is 14.7. The van der Waals surface area contributed by atoms with E-state index in [-0.39, 0.29) is 6.17 Å². The van der Waals surface area contributed by atoms with E-state index in [4.69, 9.17) is 14.7 Å². The molecule has 2 aliphatic carbocycles. The molecule has 0 N–H and O–H groups in total. The topological polar surface area (TPSA) is 37.7 Å². The lowest BCUT2D eigenvalue weighted by molar-refractivity contribution is 0.364. The molecule has 4 nitrogen and oxygen atoms in total. The molecule has 3 heterocycles. The molecule has 1 spiro atoms. The lowest BCUT2D eigenvalue weighted by Gasteiger charge is -2.40. The molecule has 244 valence electrons. The molecule has 6 aromatic rings. The summed E-state index contributed by atoms with van der Waals surface area (Å²) in [6.45, 7) is 0. The van der Waals surface area contributed by atoms with E-state index in [1.807, 2.05) is 18.3 Å². The van der Waals surface area contributed by atoms with Crippen LogP contribution >= 0.6 is 0 Å². The van der Waals surface area contributed by atoms with Gasteiger partial charge in [-0.1, -0.05) is 115 Å². The molecule has 1 aromatic heterocycles. The summed E-state index contributed by atoms with van der Waals surface area (Å²) >= 11 is 0. The SMILES string of the molecule is CN1C(c2ccc(-c3ccc4c(c3)C3(C5=C(CCC=C5)c5ccccc53)c3ccccc3O4)nc2)=CC(c2ccccc2)=NC1c1ccccc1. The van der Waals surface area contributed by atoms with Crippen LogP contribution in [0.25, 0.3) is 22.5 Å². The average Bonchev–Trinajstić information content (AvgIpc) is 3.49. The number of aliphatic imine (C=N–C) groups is 1. The number of benzene rings is 5. The van der Waals surface area contributed by atoms with Gasteiger partial charge in [-0.25, -0.2) is 0 Å². The second-order valence-corrected chi connectivity index (χ2v) is 13.7. The Hall–Kier alpha value is -6.26. The first-order valence-corrected chi connectivity index (χ1v) is 17.7. The van der Waals surface area contributed by atoms with Crippen molar-refractivity contribution in [2.24, 2.45) is 4.99 Å². The highest BCUT2D eigenvalue weighted by atomic mass is 16.5. The zero-order valence-corrected chi connectivity index (χ0v) is 28.3. The summed E-state index contributed by atoms with van der Waals surface area (Å²) in [5, 5.41) is 0. The first kappa shape index (κ1) is 29.6. The van der Waals surface area contributed by atoms with Gasteiger partial charge in [-0.05, 0) is 88.7 Å². The van der Waals surface area contributed by atoms with E-state index in [1.54, 1.807) is 0 Å². The lowest BCUT2D eigenvalue weighted by atomic mass is 9.64. The molecule has 0 saturated carbocycles. The molecule has 0 bridgehead atoms. The van der Waals surface area contributed by atoms with E-state index in [1.165, 1.54) is 27.8 Å². The fourth-order valence-corrected chi connectivity index (χ4v) is 8.61. The molecule has 10 rings (SSSR count). The van der Waals surface area contributed by atoms with Crippen molar-refractivity contribution in [3.8, 4) is 22.8 Å². The van der Waals surface area contributed by atoms with Gasteiger partial charge in [0.05, 0.1) is 16.8 Å². The van der Waals surface area contributed by atoms with Crippen LogP contribution in [0.2, 0.25) is 0 Å². The number of aromatic nitrogens is 1. The van der Waals surface area contributed by atoms with Gasteiger partial charge in [-0.15, -0.1) is 0 Å². The molecule has 51 heavy (non-hydrogen) atoms. The van der Waals surface area contributed by atoms with Crippen LogP contribution in [0.3, 0.4) is 0 Å². The molecular formula is C47H35N3O. The van der Waals surface area contributed by atoms with Gasteiger partial charge in [-0.3, -0.25) is 9.98 Å². The zero-order chi connectivity index (χ0) is 33.9. The molecular weight excluding hydrogens is 623 g/mol. The molecule has 2 unspecified atom stereocenters. The number of rotatable bonds is 4. The van der Waals surface area contributed by atoms with E-state index >= 15 is 0 Å². The van der Waals surface area contributed by atoms with Crippen molar-refractivity contribution in [1.82, 2.24) is 9.88 Å². The molecule has 5 aromatic carbocycles. The Bertz CT molecular complexity index is 2460. The minimum absolute atomic E-state index is 0.150. The Balaban J connectivity index is 1.08. The van der Waals surface area contributed by atoms with Crippen LogP contribution in [0.1, 0.15) is 58.0 Å². The van der Waals surface area contributed by atoms with Crippen LogP contribution in [-0.2, 0) is 5.41 Å². The van der Waals surface area contributed by atoms with Crippen molar-refractivity contribution in [1.29, 1.82) is 0 Å². The van der Waals surface area contributed by atoms with E-state index < -0.39 is 5.41 Å². The Morgan fingerprint density at radius 2 is 1.41 bits per heavy atom. The molecule has 4 aliphatic rings. The van der Waals surface area contributed by atoms with Gasteiger partial charge in [0, 0.05) is 41.2 Å². The number of allylic oxidation sites excluding steroid dienone is 5. The van der Waals surface area contributed by atoms with Crippen molar-refractivity contribution >= 4 is 17.0 Å². The maximum Gasteiger partial charge on any atom is 0.147 e. The third kappa shape index (κ3) is 4.53.